The highest BCUT2D eigenvalue weighted by Crippen LogP contribution is 2.77. The number of amides is 1. The van der Waals surface area contributed by atoms with E-state index in [-0.39, 0.29) is 51.5 Å². The molecule has 304 valence electrons. The van der Waals surface area contributed by atoms with Crippen LogP contribution in [0.2, 0.25) is 0 Å². The van der Waals surface area contributed by atoms with Crippen LogP contribution in [0.1, 0.15) is 111 Å². The molecular weight excluding hydrogens is 714 g/mol. The van der Waals surface area contributed by atoms with E-state index in [1.165, 1.54) is 30.4 Å². The van der Waals surface area contributed by atoms with Gasteiger partial charge in [-0.1, -0.05) is 53.2 Å². The van der Waals surface area contributed by atoms with Gasteiger partial charge in [0.15, 0.2) is 5.79 Å². The summed E-state index contributed by atoms with van der Waals surface area (Å²) in [5.41, 5.74) is -0.271. The third-order valence-electron chi connectivity index (χ3n) is 16.1. The summed E-state index contributed by atoms with van der Waals surface area (Å²) >= 11 is 0. The first kappa shape index (κ1) is 40.2. The summed E-state index contributed by atoms with van der Waals surface area (Å²) in [6.07, 6.45) is 14.6. The molecule has 1 aliphatic heterocycles. The molecule has 4 unspecified atom stereocenters. The van der Waals surface area contributed by atoms with E-state index in [1.54, 1.807) is 0 Å². The number of carbonyl (C=O) groups is 4. The highest BCUT2D eigenvalue weighted by Gasteiger charge is 2.73. The van der Waals surface area contributed by atoms with Crippen LogP contribution in [0.15, 0.2) is 48.1 Å². The molecule has 1 amide bonds. The van der Waals surface area contributed by atoms with Crippen molar-refractivity contribution < 1.29 is 48.7 Å². The summed E-state index contributed by atoms with van der Waals surface area (Å²) < 4.78 is 19.2. The molecule has 1 heterocycles. The highest BCUT2D eigenvalue weighted by molar-refractivity contribution is 6.03. The lowest BCUT2D eigenvalue weighted by Crippen LogP contribution is -2.68. The fraction of sp³-hybridized carbons (Fsp3) is 0.644. The number of aliphatic carboxylic acids is 2. The SMILES string of the molecule is CC1(C)CC[C@]2(C(=O)O)CC[C@]3(COC(=O)/C=C/c4cc(O)ccc4NC(=O)/C=C/C(=O)O)C(=CCC4C5(C)CCC6(OCCO6)C(C)(C)C5CC[C@]43C)C2C1. The molecule has 7 rings (SSSR count). The van der Waals surface area contributed by atoms with Gasteiger partial charge >= 0.3 is 17.9 Å². The normalized spacial score (nSPS) is 36.5. The van der Waals surface area contributed by atoms with Crippen LogP contribution in [0.5, 0.6) is 5.75 Å². The van der Waals surface area contributed by atoms with Gasteiger partial charge in [-0.25, -0.2) is 9.59 Å². The Bertz CT molecular complexity index is 1890. The van der Waals surface area contributed by atoms with Crippen LogP contribution in [-0.2, 0) is 33.4 Å². The van der Waals surface area contributed by atoms with Crippen LogP contribution in [-0.4, -0.2) is 64.7 Å². The molecule has 1 aromatic rings. The Kier molecular flexibility index (Phi) is 9.96. The third kappa shape index (κ3) is 6.22. The number of benzene rings is 1. The van der Waals surface area contributed by atoms with E-state index in [4.69, 9.17) is 19.3 Å². The summed E-state index contributed by atoms with van der Waals surface area (Å²) in [5, 5.41) is 32.7. The smallest absolute Gasteiger partial charge is 0.330 e. The minimum absolute atomic E-state index is 0.0326. The van der Waals surface area contributed by atoms with Gasteiger partial charge in [0.1, 0.15) is 12.4 Å². The van der Waals surface area contributed by atoms with E-state index in [2.05, 4.69) is 52.9 Å². The molecule has 1 saturated heterocycles. The summed E-state index contributed by atoms with van der Waals surface area (Å²) in [5.74, 6) is -3.52. The van der Waals surface area contributed by atoms with Crippen LogP contribution >= 0.6 is 0 Å². The number of carbonyl (C=O) groups excluding carboxylic acids is 2. The first-order chi connectivity index (χ1) is 26.2. The van der Waals surface area contributed by atoms with Gasteiger partial charge < -0.3 is 34.8 Å². The molecule has 5 fully saturated rings. The molecule has 0 bridgehead atoms. The van der Waals surface area contributed by atoms with E-state index in [0.717, 1.165) is 62.7 Å². The number of anilines is 1. The van der Waals surface area contributed by atoms with Gasteiger partial charge in [-0.3, -0.25) is 9.59 Å². The van der Waals surface area contributed by atoms with Gasteiger partial charge in [0.2, 0.25) is 5.91 Å². The molecule has 1 aromatic carbocycles. The van der Waals surface area contributed by atoms with Gasteiger partial charge in [0, 0.05) is 46.7 Å². The molecule has 5 aliphatic carbocycles. The van der Waals surface area contributed by atoms with Gasteiger partial charge in [0.25, 0.3) is 0 Å². The summed E-state index contributed by atoms with van der Waals surface area (Å²) in [4.78, 5) is 50.4. The lowest BCUT2D eigenvalue weighted by molar-refractivity contribution is -0.308. The maximum atomic E-state index is 13.8. The lowest BCUT2D eigenvalue weighted by atomic mass is 9.33. The summed E-state index contributed by atoms with van der Waals surface area (Å²) in [6, 6.07) is 4.23. The molecular formula is C45H59NO10. The first-order valence-corrected chi connectivity index (χ1v) is 20.4. The van der Waals surface area contributed by atoms with Crippen LogP contribution in [0.25, 0.3) is 6.08 Å². The maximum absolute atomic E-state index is 13.8. The van der Waals surface area contributed by atoms with Crippen molar-refractivity contribution in [1.29, 1.82) is 0 Å². The van der Waals surface area contributed by atoms with E-state index in [9.17, 15) is 29.4 Å². The molecule has 7 atom stereocenters. The Balaban J connectivity index is 1.23. The molecule has 6 aliphatic rings. The zero-order valence-corrected chi connectivity index (χ0v) is 33.7. The van der Waals surface area contributed by atoms with E-state index in [0.29, 0.717) is 44.0 Å². The van der Waals surface area contributed by atoms with Crippen molar-refractivity contribution in [1.82, 2.24) is 0 Å². The minimum Gasteiger partial charge on any atom is -0.508 e. The standard InChI is InChI=1S/C45H59NO10/c1-39(2)17-19-43(38(52)53)20-21-44(27-54-37(51)14-7-28-25-29(47)8-10-32(28)46-35(48)12-13-36(49)50)30(31(43)26-39)9-11-34-41(5)18-22-45(55-23-24-56-45)40(3,4)33(41)15-16-42(34,44)6/h7-10,12-14,25,31,33-34,47H,11,15-24,26-27H2,1-6H3,(H,46,48)(H,49,50)(H,52,53)/b13-12+,14-7+/t31?,33?,34?,41?,42-,43+,44+/m1/s1. The van der Waals surface area contributed by atoms with Gasteiger partial charge in [0.05, 0.1) is 18.6 Å². The molecule has 1 spiro atoms. The Hall–Kier alpha value is -3.96. The lowest BCUT2D eigenvalue weighted by Gasteiger charge is -2.72. The fourth-order valence-corrected chi connectivity index (χ4v) is 13.2. The quantitative estimate of drug-likeness (QED) is 0.0876. The van der Waals surface area contributed by atoms with Crippen LogP contribution < -0.4 is 5.32 Å². The van der Waals surface area contributed by atoms with Crippen LogP contribution in [0.3, 0.4) is 0 Å². The van der Waals surface area contributed by atoms with Gasteiger partial charge in [-0.05, 0) is 116 Å². The monoisotopic (exact) mass is 773 g/mol. The topological polar surface area (TPSA) is 169 Å². The molecule has 56 heavy (non-hydrogen) atoms. The number of hydrogen-bond acceptors (Lipinski definition) is 8. The number of nitrogens with one attached hydrogen (secondary N) is 1. The molecule has 0 radical (unpaired) electrons. The van der Waals surface area contributed by atoms with Crippen molar-refractivity contribution in [3.63, 3.8) is 0 Å². The molecule has 4 N–H and O–H groups in total. The predicted octanol–water partition coefficient (Wildman–Crippen LogP) is 8.14. The fourth-order valence-electron chi connectivity index (χ4n) is 13.2. The maximum Gasteiger partial charge on any atom is 0.330 e. The van der Waals surface area contributed by atoms with Crippen molar-refractivity contribution in [3.8, 4) is 5.75 Å². The zero-order valence-electron chi connectivity index (χ0n) is 33.7. The van der Waals surface area contributed by atoms with Crippen molar-refractivity contribution >= 4 is 35.6 Å². The Morgan fingerprint density at radius 3 is 2.29 bits per heavy atom. The number of esters is 1. The highest BCUT2D eigenvalue weighted by atomic mass is 16.7. The summed E-state index contributed by atoms with van der Waals surface area (Å²) in [7, 11) is 0. The molecule has 0 aromatic heterocycles. The number of carboxylic acid groups (broad SMARTS) is 2. The second-order valence-electron chi connectivity index (χ2n) is 19.5. The number of allylic oxidation sites excluding steroid dienone is 1. The largest absolute Gasteiger partial charge is 0.508 e. The number of fused-ring (bicyclic) bond motifs is 7. The predicted molar refractivity (Wildman–Crippen MR) is 209 cm³/mol. The Morgan fingerprint density at radius 1 is 0.875 bits per heavy atom. The van der Waals surface area contributed by atoms with Crippen LogP contribution in [0, 0.1) is 50.2 Å². The average molecular weight is 774 g/mol. The first-order valence-electron chi connectivity index (χ1n) is 20.4. The van der Waals surface area contributed by atoms with Gasteiger partial charge in [-0.15, -0.1) is 0 Å². The van der Waals surface area contributed by atoms with Crippen molar-refractivity contribution in [2.75, 3.05) is 25.1 Å². The number of phenols is 1. The van der Waals surface area contributed by atoms with E-state index < -0.39 is 40.4 Å². The second kappa shape index (κ2) is 13.9. The number of ether oxygens (including phenoxy) is 3. The number of hydrogen-bond donors (Lipinski definition) is 4. The molecule has 11 heteroatoms. The average Bonchev–Trinajstić information content (AvgIpc) is 3.62. The van der Waals surface area contributed by atoms with Crippen molar-refractivity contribution in [3.05, 3.63) is 53.6 Å². The third-order valence-corrected chi connectivity index (χ3v) is 16.1. The zero-order chi connectivity index (χ0) is 40.5. The van der Waals surface area contributed by atoms with Gasteiger partial charge in [-0.2, -0.15) is 0 Å². The Morgan fingerprint density at radius 2 is 1.59 bits per heavy atom. The van der Waals surface area contributed by atoms with Crippen molar-refractivity contribution in [2.24, 2.45) is 50.2 Å². The van der Waals surface area contributed by atoms with Crippen molar-refractivity contribution in [2.45, 2.75) is 112 Å². The Labute approximate surface area is 329 Å². The summed E-state index contributed by atoms with van der Waals surface area (Å²) in [6.45, 7) is 15.3. The van der Waals surface area contributed by atoms with Crippen LogP contribution in [0.4, 0.5) is 5.69 Å². The number of carboxylic acids is 2. The number of aromatic hydroxyl groups is 1. The van der Waals surface area contributed by atoms with E-state index >= 15 is 0 Å². The molecule has 4 saturated carbocycles. The minimum atomic E-state index is -1.27. The number of rotatable bonds is 8. The van der Waals surface area contributed by atoms with E-state index in [1.807, 2.05) is 0 Å². The molecule has 11 nitrogen and oxygen atoms in total. The second-order valence-corrected chi connectivity index (χ2v) is 19.5. The number of phenolic OH excluding ortho intramolecular Hbond substituents is 1.